The second-order valence-corrected chi connectivity index (χ2v) is 8.97. The quantitative estimate of drug-likeness (QED) is 0.409. The molecule has 2 aromatic carbocycles. The Hall–Kier alpha value is -1.56. The van der Waals surface area contributed by atoms with Crippen LogP contribution in [0.4, 0.5) is 11.4 Å². The van der Waals surface area contributed by atoms with E-state index in [-0.39, 0.29) is 26.2 Å². The molecule has 0 aliphatic rings. The van der Waals surface area contributed by atoms with Crippen molar-refractivity contribution >= 4 is 54.8 Å². The van der Waals surface area contributed by atoms with Gasteiger partial charge in [0.05, 0.1) is 31.2 Å². The van der Waals surface area contributed by atoms with E-state index in [1.165, 1.54) is 19.1 Å². The molecule has 8 nitrogen and oxygen atoms in total. The summed E-state index contributed by atoms with van der Waals surface area (Å²) in [4.78, 5) is -0.745. The van der Waals surface area contributed by atoms with Gasteiger partial charge in [0.2, 0.25) is 0 Å². The molecule has 4 N–H and O–H groups in total. The highest BCUT2D eigenvalue weighted by Crippen LogP contribution is 2.34. The van der Waals surface area contributed by atoms with Crippen LogP contribution in [0.3, 0.4) is 0 Å². The standard InChI is InChI=1S/C14H14Cl2N2O6S2/c1-7-3-4-12(26(22,23)24)8(2)13(7)17-18-14-10(15)5-9(6-11(14)16)25(19,20)21/h3-6,17-18H,1-2H3,(H,19,20,21)(H,22,23,24). The van der Waals surface area contributed by atoms with Gasteiger partial charge in [0, 0.05) is 0 Å². The summed E-state index contributed by atoms with van der Waals surface area (Å²) in [6, 6.07) is 4.76. The van der Waals surface area contributed by atoms with Crippen molar-refractivity contribution in [2.24, 2.45) is 0 Å². The lowest BCUT2D eigenvalue weighted by molar-refractivity contribution is 0.480. The van der Waals surface area contributed by atoms with Gasteiger partial charge in [-0.2, -0.15) is 16.8 Å². The van der Waals surface area contributed by atoms with Gasteiger partial charge in [0.1, 0.15) is 0 Å². The van der Waals surface area contributed by atoms with E-state index in [2.05, 4.69) is 10.9 Å². The Bertz CT molecular complexity index is 1060. The number of aryl methyl sites for hydroxylation is 1. The molecule has 142 valence electrons. The Morgan fingerprint density at radius 1 is 0.846 bits per heavy atom. The van der Waals surface area contributed by atoms with E-state index < -0.39 is 25.1 Å². The predicted octanol–water partition coefficient (Wildman–Crippen LogP) is 3.54. The van der Waals surface area contributed by atoms with Crippen LogP contribution in [0.25, 0.3) is 0 Å². The molecule has 2 aromatic rings. The van der Waals surface area contributed by atoms with E-state index >= 15 is 0 Å². The number of rotatable bonds is 5. The van der Waals surface area contributed by atoms with E-state index in [0.717, 1.165) is 12.1 Å². The zero-order valence-corrected chi connectivity index (χ0v) is 16.6. The number of hydrazine groups is 1. The monoisotopic (exact) mass is 440 g/mol. The maximum atomic E-state index is 11.4. The van der Waals surface area contributed by atoms with Crippen LogP contribution in [0.15, 0.2) is 34.1 Å². The van der Waals surface area contributed by atoms with Gasteiger partial charge < -0.3 is 5.43 Å². The zero-order chi connectivity index (χ0) is 19.9. The molecular weight excluding hydrogens is 427 g/mol. The fourth-order valence-electron chi connectivity index (χ4n) is 2.24. The molecule has 0 saturated heterocycles. The van der Waals surface area contributed by atoms with Crippen LogP contribution in [0.5, 0.6) is 0 Å². The first-order valence-electron chi connectivity index (χ1n) is 6.88. The van der Waals surface area contributed by atoms with Crippen LogP contribution < -0.4 is 10.9 Å². The van der Waals surface area contributed by atoms with Gasteiger partial charge in [-0.1, -0.05) is 29.3 Å². The van der Waals surface area contributed by atoms with Crippen molar-refractivity contribution in [3.05, 3.63) is 45.4 Å². The molecule has 0 aliphatic heterocycles. The normalized spacial score (nSPS) is 12.1. The maximum absolute atomic E-state index is 11.4. The first kappa shape index (κ1) is 20.7. The molecule has 0 spiro atoms. The van der Waals surface area contributed by atoms with Gasteiger partial charge >= 0.3 is 0 Å². The minimum Gasteiger partial charge on any atom is -0.300 e. The van der Waals surface area contributed by atoms with Crippen LogP contribution in [0, 0.1) is 13.8 Å². The Balaban J connectivity index is 2.42. The molecule has 0 saturated carbocycles. The molecule has 0 bridgehead atoms. The van der Waals surface area contributed by atoms with E-state index in [9.17, 15) is 21.4 Å². The summed E-state index contributed by atoms with van der Waals surface area (Å²) in [6.07, 6.45) is 0. The lowest BCUT2D eigenvalue weighted by Crippen LogP contribution is -2.14. The minimum absolute atomic E-state index is 0.0983. The van der Waals surface area contributed by atoms with Crippen LogP contribution in [-0.2, 0) is 20.2 Å². The molecule has 0 heterocycles. The Morgan fingerprint density at radius 3 is 1.81 bits per heavy atom. The largest absolute Gasteiger partial charge is 0.300 e. The fourth-order valence-corrected chi connectivity index (χ4v) is 4.22. The molecule has 12 heteroatoms. The highest BCUT2D eigenvalue weighted by molar-refractivity contribution is 7.86. The summed E-state index contributed by atoms with van der Waals surface area (Å²) in [7, 11) is -8.89. The second kappa shape index (κ2) is 7.22. The Labute approximate surface area is 160 Å². The molecule has 26 heavy (non-hydrogen) atoms. The zero-order valence-electron chi connectivity index (χ0n) is 13.4. The van der Waals surface area contributed by atoms with Crippen molar-refractivity contribution in [3.63, 3.8) is 0 Å². The number of halogens is 2. The molecule has 0 amide bonds. The highest BCUT2D eigenvalue weighted by Gasteiger charge is 2.19. The van der Waals surface area contributed by atoms with Crippen LogP contribution in [0.2, 0.25) is 10.0 Å². The predicted molar refractivity (Wildman–Crippen MR) is 99.3 cm³/mol. The van der Waals surface area contributed by atoms with Gasteiger partial charge in [-0.3, -0.25) is 14.5 Å². The summed E-state index contributed by atoms with van der Waals surface area (Å²) in [6.45, 7) is 3.19. The van der Waals surface area contributed by atoms with Crippen molar-refractivity contribution in [1.29, 1.82) is 0 Å². The lowest BCUT2D eigenvalue weighted by Gasteiger charge is -2.18. The van der Waals surface area contributed by atoms with E-state index in [4.69, 9.17) is 27.8 Å². The van der Waals surface area contributed by atoms with Crippen molar-refractivity contribution < 1.29 is 25.9 Å². The SMILES string of the molecule is Cc1ccc(S(=O)(=O)O)c(C)c1NNc1c(Cl)cc(S(=O)(=O)O)cc1Cl. The van der Waals surface area contributed by atoms with Gasteiger partial charge in [-0.25, -0.2) is 0 Å². The van der Waals surface area contributed by atoms with Gasteiger partial charge in [0.25, 0.3) is 20.2 Å². The van der Waals surface area contributed by atoms with Gasteiger partial charge in [0.15, 0.2) is 0 Å². The van der Waals surface area contributed by atoms with Crippen LogP contribution in [0.1, 0.15) is 11.1 Å². The highest BCUT2D eigenvalue weighted by atomic mass is 35.5. The Morgan fingerprint density at radius 2 is 1.35 bits per heavy atom. The summed E-state index contributed by atoms with van der Waals surface area (Å²) < 4.78 is 63.5. The second-order valence-electron chi connectivity index (χ2n) is 5.34. The third kappa shape index (κ3) is 4.40. The number of nitrogens with one attached hydrogen (secondary N) is 2. The average molecular weight is 441 g/mol. The molecule has 0 unspecified atom stereocenters. The number of hydrogen-bond donors (Lipinski definition) is 4. The lowest BCUT2D eigenvalue weighted by atomic mass is 10.1. The molecule has 0 fully saturated rings. The molecule has 0 aromatic heterocycles. The van der Waals surface area contributed by atoms with Gasteiger partial charge in [-0.15, -0.1) is 0 Å². The molecule has 0 radical (unpaired) electrons. The summed E-state index contributed by atoms with van der Waals surface area (Å²) in [5.74, 6) is 0. The van der Waals surface area contributed by atoms with E-state index in [0.29, 0.717) is 11.3 Å². The number of anilines is 2. The van der Waals surface area contributed by atoms with Crippen molar-refractivity contribution in [1.82, 2.24) is 0 Å². The van der Waals surface area contributed by atoms with Crippen molar-refractivity contribution in [2.75, 3.05) is 10.9 Å². The number of benzene rings is 2. The minimum atomic E-state index is -4.48. The Kier molecular flexibility index (Phi) is 5.76. The van der Waals surface area contributed by atoms with E-state index in [1.54, 1.807) is 6.92 Å². The number of hydrogen-bond acceptors (Lipinski definition) is 6. The molecule has 0 aliphatic carbocycles. The summed E-state index contributed by atoms with van der Waals surface area (Å²) in [5, 5.41) is -0.197. The first-order chi connectivity index (χ1) is 11.8. The molecule has 2 rings (SSSR count). The van der Waals surface area contributed by atoms with Gasteiger partial charge in [-0.05, 0) is 43.2 Å². The van der Waals surface area contributed by atoms with Crippen LogP contribution >= 0.6 is 23.2 Å². The molecule has 0 atom stereocenters. The first-order valence-corrected chi connectivity index (χ1v) is 10.5. The topological polar surface area (TPSA) is 133 Å². The molecular formula is C14H14Cl2N2O6S2. The van der Waals surface area contributed by atoms with Crippen molar-refractivity contribution in [2.45, 2.75) is 23.6 Å². The van der Waals surface area contributed by atoms with Crippen LogP contribution in [-0.4, -0.2) is 25.9 Å². The fraction of sp³-hybridized carbons (Fsp3) is 0.143. The average Bonchev–Trinajstić information content (AvgIpc) is 2.46. The van der Waals surface area contributed by atoms with Crippen molar-refractivity contribution in [3.8, 4) is 0 Å². The smallest absolute Gasteiger partial charge is 0.294 e. The van der Waals surface area contributed by atoms with E-state index in [1.807, 2.05) is 0 Å². The summed E-state index contributed by atoms with van der Waals surface area (Å²) >= 11 is 12.0. The maximum Gasteiger partial charge on any atom is 0.294 e. The summed E-state index contributed by atoms with van der Waals surface area (Å²) in [5.41, 5.74) is 6.78. The third-order valence-corrected chi connectivity index (χ3v) is 5.95. The third-order valence-electron chi connectivity index (χ3n) is 3.53.